The summed E-state index contributed by atoms with van der Waals surface area (Å²) in [6.07, 6.45) is 2.71. The van der Waals surface area contributed by atoms with E-state index in [1.165, 1.54) is 0 Å². The van der Waals surface area contributed by atoms with Crippen LogP contribution < -0.4 is 5.73 Å². The number of nitrogens with two attached hydrogens (primary N) is 1. The first-order chi connectivity index (χ1) is 7.94. The normalized spacial score (nSPS) is 11.6. The maximum Gasteiger partial charge on any atom is 0.154 e. The summed E-state index contributed by atoms with van der Waals surface area (Å²) >= 11 is 3.30. The van der Waals surface area contributed by atoms with Crippen molar-refractivity contribution in [2.45, 2.75) is 31.9 Å². The van der Waals surface area contributed by atoms with Crippen molar-refractivity contribution in [1.82, 2.24) is 0 Å². The predicted octanol–water partition coefficient (Wildman–Crippen LogP) is 3.14. The van der Waals surface area contributed by atoms with E-state index in [2.05, 4.69) is 22.9 Å². The van der Waals surface area contributed by atoms with Crippen LogP contribution >= 0.6 is 15.9 Å². The van der Waals surface area contributed by atoms with Crippen molar-refractivity contribution in [3.63, 3.8) is 0 Å². The van der Waals surface area contributed by atoms with Crippen LogP contribution in [-0.4, -0.2) is 14.2 Å². The Kier molecular flexibility index (Phi) is 5.46. The quantitative estimate of drug-likeness (QED) is 0.647. The second-order valence-corrected chi connectivity index (χ2v) is 7.24. The summed E-state index contributed by atoms with van der Waals surface area (Å²) in [5.41, 5.74) is 7.00. The molecule has 0 fully saturated rings. The number of benzene rings is 1. The Balaban J connectivity index is 2.69. The molecule has 3 nitrogen and oxygen atoms in total. The lowest BCUT2D eigenvalue weighted by atomic mass is 10.2. The van der Waals surface area contributed by atoms with Crippen molar-refractivity contribution in [1.29, 1.82) is 0 Å². The molecule has 5 heteroatoms. The molecule has 0 aliphatic carbocycles. The van der Waals surface area contributed by atoms with Gasteiger partial charge in [-0.25, -0.2) is 8.42 Å². The molecule has 17 heavy (non-hydrogen) atoms. The van der Waals surface area contributed by atoms with E-state index in [1.54, 1.807) is 12.1 Å². The lowest BCUT2D eigenvalue weighted by molar-refractivity contribution is 0.590. The monoisotopic (exact) mass is 319 g/mol. The van der Waals surface area contributed by atoms with E-state index in [0.29, 0.717) is 11.3 Å². The highest BCUT2D eigenvalue weighted by Gasteiger charge is 2.13. The van der Waals surface area contributed by atoms with Gasteiger partial charge in [0.25, 0.3) is 0 Å². The Bertz CT molecular complexity index is 471. The molecule has 0 aliphatic rings. The van der Waals surface area contributed by atoms with E-state index in [0.717, 1.165) is 23.7 Å². The van der Waals surface area contributed by atoms with Crippen LogP contribution in [0.4, 0.5) is 5.69 Å². The molecule has 2 N–H and O–H groups in total. The van der Waals surface area contributed by atoms with Crippen molar-refractivity contribution in [2.75, 3.05) is 11.5 Å². The molecule has 0 bridgehead atoms. The second-order valence-electron chi connectivity index (χ2n) is 4.14. The molecule has 0 aliphatic heterocycles. The smallest absolute Gasteiger partial charge is 0.154 e. The van der Waals surface area contributed by atoms with Gasteiger partial charge in [0.15, 0.2) is 9.84 Å². The Hall–Kier alpha value is -0.550. The van der Waals surface area contributed by atoms with E-state index < -0.39 is 9.84 Å². The summed E-state index contributed by atoms with van der Waals surface area (Å²) in [6, 6.07) is 5.31. The maximum absolute atomic E-state index is 11.8. The number of anilines is 1. The molecular formula is C12H18BrNO2S. The zero-order valence-electron chi connectivity index (χ0n) is 9.95. The molecule has 0 radical (unpaired) electrons. The van der Waals surface area contributed by atoms with E-state index in [9.17, 15) is 8.42 Å². The van der Waals surface area contributed by atoms with Crippen LogP contribution in [0.1, 0.15) is 31.7 Å². The summed E-state index contributed by atoms with van der Waals surface area (Å²) < 4.78 is 24.6. The molecule has 0 spiro atoms. The van der Waals surface area contributed by atoms with E-state index in [-0.39, 0.29) is 11.5 Å². The maximum atomic E-state index is 11.8. The van der Waals surface area contributed by atoms with E-state index in [1.807, 2.05) is 6.07 Å². The van der Waals surface area contributed by atoms with Crippen molar-refractivity contribution in [2.24, 2.45) is 0 Å². The molecule has 0 unspecified atom stereocenters. The minimum atomic E-state index is -3.04. The summed E-state index contributed by atoms with van der Waals surface area (Å²) in [7, 11) is -3.04. The average molecular weight is 320 g/mol. The third kappa shape index (κ3) is 5.08. The van der Waals surface area contributed by atoms with Gasteiger partial charge >= 0.3 is 0 Å². The molecule has 0 aromatic heterocycles. The first kappa shape index (κ1) is 14.5. The number of rotatable bonds is 6. The fourth-order valence-corrected chi connectivity index (χ4v) is 3.48. The topological polar surface area (TPSA) is 60.2 Å². The van der Waals surface area contributed by atoms with Crippen LogP contribution in [0.25, 0.3) is 0 Å². The summed E-state index contributed by atoms with van der Waals surface area (Å²) in [6.45, 7) is 2.05. The lowest BCUT2D eigenvalue weighted by Gasteiger charge is -2.07. The molecule has 1 aromatic carbocycles. The predicted molar refractivity (Wildman–Crippen MR) is 75.6 cm³/mol. The van der Waals surface area contributed by atoms with Crippen LogP contribution in [0.5, 0.6) is 0 Å². The Morgan fingerprint density at radius 2 is 2.00 bits per heavy atom. The molecule has 0 heterocycles. The van der Waals surface area contributed by atoms with Crippen molar-refractivity contribution in [3.05, 3.63) is 28.2 Å². The number of halogens is 1. The summed E-state index contributed by atoms with van der Waals surface area (Å²) in [5.74, 6) is 0.284. The number of sulfone groups is 1. The summed E-state index contributed by atoms with van der Waals surface area (Å²) in [4.78, 5) is 0. The number of unbranched alkanes of at least 4 members (excludes halogenated alkanes) is 2. The number of hydrogen-bond donors (Lipinski definition) is 1. The molecule has 0 saturated carbocycles. The van der Waals surface area contributed by atoms with Gasteiger partial charge in [-0.15, -0.1) is 0 Å². The van der Waals surface area contributed by atoms with Crippen molar-refractivity contribution >= 4 is 31.5 Å². The van der Waals surface area contributed by atoms with Gasteiger partial charge in [0.1, 0.15) is 0 Å². The highest BCUT2D eigenvalue weighted by molar-refractivity contribution is 9.10. The standard InChI is InChI=1S/C12H18BrNO2S/c1-2-3-4-7-17(15,16)9-10-5-6-11(13)8-12(10)14/h5-6,8H,2-4,7,9,14H2,1H3. The zero-order chi connectivity index (χ0) is 12.9. The van der Waals surface area contributed by atoms with Crippen LogP contribution in [0, 0.1) is 0 Å². The molecule has 0 amide bonds. The largest absolute Gasteiger partial charge is 0.398 e. The van der Waals surface area contributed by atoms with Gasteiger partial charge in [0.05, 0.1) is 11.5 Å². The SMILES string of the molecule is CCCCCS(=O)(=O)Cc1ccc(Br)cc1N. The van der Waals surface area contributed by atoms with E-state index in [4.69, 9.17) is 5.73 Å². The van der Waals surface area contributed by atoms with Crippen LogP contribution in [0.2, 0.25) is 0 Å². The van der Waals surface area contributed by atoms with Gasteiger partial charge in [-0.05, 0) is 24.1 Å². The van der Waals surface area contributed by atoms with Crippen molar-refractivity contribution in [3.8, 4) is 0 Å². The Labute approximate surface area is 111 Å². The first-order valence-corrected chi connectivity index (χ1v) is 8.30. The van der Waals surface area contributed by atoms with Gasteiger partial charge in [0.2, 0.25) is 0 Å². The average Bonchev–Trinajstić information content (AvgIpc) is 2.22. The lowest BCUT2D eigenvalue weighted by Crippen LogP contribution is -2.10. The fraction of sp³-hybridized carbons (Fsp3) is 0.500. The Morgan fingerprint density at radius 1 is 1.29 bits per heavy atom. The molecule has 0 saturated heterocycles. The minimum absolute atomic E-state index is 0.0375. The van der Waals surface area contributed by atoms with E-state index >= 15 is 0 Å². The third-order valence-corrected chi connectivity index (χ3v) is 4.70. The van der Waals surface area contributed by atoms with Crippen LogP contribution in [-0.2, 0) is 15.6 Å². The highest BCUT2D eigenvalue weighted by Crippen LogP contribution is 2.21. The minimum Gasteiger partial charge on any atom is -0.398 e. The Morgan fingerprint density at radius 3 is 2.59 bits per heavy atom. The fourth-order valence-electron chi connectivity index (χ4n) is 1.58. The van der Waals surface area contributed by atoms with Gasteiger partial charge in [-0.1, -0.05) is 41.8 Å². The summed E-state index contributed by atoms with van der Waals surface area (Å²) in [5, 5.41) is 0. The third-order valence-electron chi connectivity index (χ3n) is 2.54. The van der Waals surface area contributed by atoms with Crippen LogP contribution in [0.15, 0.2) is 22.7 Å². The van der Waals surface area contributed by atoms with Gasteiger partial charge in [-0.3, -0.25) is 0 Å². The van der Waals surface area contributed by atoms with Crippen LogP contribution in [0.3, 0.4) is 0 Å². The van der Waals surface area contributed by atoms with Gasteiger partial charge in [-0.2, -0.15) is 0 Å². The number of hydrogen-bond acceptors (Lipinski definition) is 3. The number of nitrogen functional groups attached to an aromatic ring is 1. The van der Waals surface area contributed by atoms with Crippen molar-refractivity contribution < 1.29 is 8.42 Å². The second kappa shape index (κ2) is 6.40. The molecule has 0 atom stereocenters. The highest BCUT2D eigenvalue weighted by atomic mass is 79.9. The molecular weight excluding hydrogens is 302 g/mol. The van der Waals surface area contributed by atoms with Gasteiger partial charge < -0.3 is 5.73 Å². The zero-order valence-corrected chi connectivity index (χ0v) is 12.4. The molecule has 1 rings (SSSR count). The van der Waals surface area contributed by atoms with Gasteiger partial charge in [0, 0.05) is 10.2 Å². The first-order valence-electron chi connectivity index (χ1n) is 5.69. The molecule has 1 aromatic rings. The molecule has 96 valence electrons.